The Labute approximate surface area is 137 Å². The van der Waals surface area contributed by atoms with Crippen molar-refractivity contribution in [1.82, 2.24) is 14.8 Å². The number of hydrogen-bond acceptors (Lipinski definition) is 5. The maximum atomic E-state index is 11.4. The van der Waals surface area contributed by atoms with Gasteiger partial charge in [0.25, 0.3) is 5.91 Å². The zero-order valence-electron chi connectivity index (χ0n) is 12.3. The highest BCUT2D eigenvalue weighted by Gasteiger charge is 2.17. The molecule has 0 bridgehead atoms. The first-order chi connectivity index (χ1) is 11.4. The number of primary amides is 1. The Balaban J connectivity index is 2.15. The molecular formula is C15H13N5O3S. The number of rotatable bonds is 4. The van der Waals surface area contributed by atoms with Crippen LogP contribution in [0.3, 0.4) is 0 Å². The monoisotopic (exact) mass is 343 g/mol. The predicted octanol–water partition coefficient (Wildman–Crippen LogP) is 0.681. The van der Waals surface area contributed by atoms with Crippen molar-refractivity contribution in [2.24, 2.45) is 10.9 Å². The minimum absolute atomic E-state index is 0.0252. The molecule has 0 aliphatic carbocycles. The first-order valence-electron chi connectivity index (χ1n) is 6.82. The number of carbonyl (C=O) groups is 1. The molecule has 9 heteroatoms. The fourth-order valence-electron chi connectivity index (χ4n) is 2.15. The molecule has 0 saturated heterocycles. The number of benzene rings is 2. The molecule has 2 aromatic carbocycles. The zero-order valence-corrected chi connectivity index (χ0v) is 13.1. The van der Waals surface area contributed by atoms with Crippen molar-refractivity contribution in [2.75, 3.05) is 0 Å². The van der Waals surface area contributed by atoms with Crippen molar-refractivity contribution in [1.29, 1.82) is 0 Å². The lowest BCUT2D eigenvalue weighted by Crippen LogP contribution is -2.13. The van der Waals surface area contributed by atoms with Crippen LogP contribution in [0.5, 0.6) is 0 Å². The predicted molar refractivity (Wildman–Crippen MR) is 86.7 cm³/mol. The molecule has 122 valence electrons. The number of primary sulfonamides is 1. The molecule has 0 radical (unpaired) electrons. The standard InChI is InChI=1S/C15H13N5O3S/c16-13(21)14-18-15(10-4-2-1-3-5-10)20(19-14)11-6-8-12(9-7-11)24(17,22)23/h1-9H,(H2,16,21)(H2,17,22,23). The van der Waals surface area contributed by atoms with Crippen LogP contribution in [0.15, 0.2) is 59.5 Å². The van der Waals surface area contributed by atoms with Gasteiger partial charge in [-0.15, -0.1) is 5.10 Å². The van der Waals surface area contributed by atoms with Crippen LogP contribution in [0.2, 0.25) is 0 Å². The maximum Gasteiger partial charge on any atom is 0.288 e. The quantitative estimate of drug-likeness (QED) is 0.718. The molecule has 1 aromatic heterocycles. The Morgan fingerprint density at radius 2 is 1.62 bits per heavy atom. The normalized spacial score (nSPS) is 11.4. The highest BCUT2D eigenvalue weighted by Crippen LogP contribution is 2.21. The molecule has 1 heterocycles. The van der Waals surface area contributed by atoms with Gasteiger partial charge in [-0.2, -0.15) is 0 Å². The van der Waals surface area contributed by atoms with Crippen LogP contribution in [0, 0.1) is 0 Å². The second kappa shape index (κ2) is 5.87. The molecule has 0 aliphatic rings. The molecule has 8 nitrogen and oxygen atoms in total. The van der Waals surface area contributed by atoms with Gasteiger partial charge in [0, 0.05) is 5.56 Å². The molecule has 0 atom stereocenters. The summed E-state index contributed by atoms with van der Waals surface area (Å²) in [5.41, 5.74) is 6.50. The summed E-state index contributed by atoms with van der Waals surface area (Å²) in [6.07, 6.45) is 0. The molecule has 3 aromatic rings. The van der Waals surface area contributed by atoms with Gasteiger partial charge >= 0.3 is 0 Å². The van der Waals surface area contributed by atoms with E-state index < -0.39 is 15.9 Å². The number of aromatic nitrogens is 3. The molecule has 0 saturated carbocycles. The van der Waals surface area contributed by atoms with E-state index in [1.165, 1.54) is 28.9 Å². The van der Waals surface area contributed by atoms with Crippen molar-refractivity contribution >= 4 is 15.9 Å². The van der Waals surface area contributed by atoms with Gasteiger partial charge in [0.15, 0.2) is 5.82 Å². The summed E-state index contributed by atoms with van der Waals surface area (Å²) in [6, 6.07) is 14.9. The average Bonchev–Trinajstić information content (AvgIpc) is 3.00. The van der Waals surface area contributed by atoms with Crippen molar-refractivity contribution < 1.29 is 13.2 Å². The fourth-order valence-corrected chi connectivity index (χ4v) is 2.66. The fraction of sp³-hybridized carbons (Fsp3) is 0. The van der Waals surface area contributed by atoms with E-state index >= 15 is 0 Å². The molecule has 0 aliphatic heterocycles. The Hall–Kier alpha value is -3.04. The highest BCUT2D eigenvalue weighted by molar-refractivity contribution is 7.89. The van der Waals surface area contributed by atoms with E-state index in [1.54, 1.807) is 0 Å². The van der Waals surface area contributed by atoms with Gasteiger partial charge in [0.1, 0.15) is 0 Å². The SMILES string of the molecule is NC(=O)c1nc(-c2ccccc2)n(-c2ccc(S(N)(=O)=O)cc2)n1. The van der Waals surface area contributed by atoms with E-state index in [-0.39, 0.29) is 10.7 Å². The Morgan fingerprint density at radius 3 is 2.17 bits per heavy atom. The number of amides is 1. The van der Waals surface area contributed by atoms with Crippen molar-refractivity contribution in [3.8, 4) is 17.1 Å². The Morgan fingerprint density at radius 1 is 1.00 bits per heavy atom. The Kier molecular flexibility index (Phi) is 3.87. The van der Waals surface area contributed by atoms with Gasteiger partial charge in [-0.1, -0.05) is 30.3 Å². The highest BCUT2D eigenvalue weighted by atomic mass is 32.2. The molecule has 24 heavy (non-hydrogen) atoms. The number of sulfonamides is 1. The molecule has 1 amide bonds. The lowest BCUT2D eigenvalue weighted by atomic mass is 10.2. The van der Waals surface area contributed by atoms with Crippen LogP contribution in [-0.4, -0.2) is 29.1 Å². The molecule has 0 spiro atoms. The second-order valence-electron chi connectivity index (χ2n) is 4.94. The number of carbonyl (C=O) groups excluding carboxylic acids is 1. The smallest absolute Gasteiger partial charge is 0.288 e. The van der Waals surface area contributed by atoms with E-state index in [0.717, 1.165) is 5.56 Å². The summed E-state index contributed by atoms with van der Waals surface area (Å²) >= 11 is 0. The minimum atomic E-state index is -3.79. The largest absolute Gasteiger partial charge is 0.363 e. The van der Waals surface area contributed by atoms with Gasteiger partial charge in [-0.25, -0.2) is 23.2 Å². The van der Waals surface area contributed by atoms with Gasteiger partial charge in [-0.3, -0.25) is 4.79 Å². The summed E-state index contributed by atoms with van der Waals surface area (Å²) in [5.74, 6) is -0.482. The summed E-state index contributed by atoms with van der Waals surface area (Å²) in [5, 5.41) is 9.19. The molecule has 0 fully saturated rings. The summed E-state index contributed by atoms with van der Waals surface area (Å²) in [7, 11) is -3.79. The van der Waals surface area contributed by atoms with Crippen LogP contribution >= 0.6 is 0 Å². The Bertz CT molecular complexity index is 995. The van der Waals surface area contributed by atoms with Crippen LogP contribution < -0.4 is 10.9 Å². The molecular weight excluding hydrogens is 330 g/mol. The summed E-state index contributed by atoms with van der Waals surface area (Å²) < 4.78 is 24.1. The number of nitrogens with two attached hydrogens (primary N) is 2. The van der Waals surface area contributed by atoms with Gasteiger partial charge in [0.2, 0.25) is 15.8 Å². The molecule has 4 N–H and O–H groups in total. The van der Waals surface area contributed by atoms with E-state index in [4.69, 9.17) is 10.9 Å². The third-order valence-corrected chi connectivity index (χ3v) is 4.20. The van der Waals surface area contributed by atoms with E-state index in [1.807, 2.05) is 30.3 Å². The molecule has 3 rings (SSSR count). The second-order valence-corrected chi connectivity index (χ2v) is 6.50. The van der Waals surface area contributed by atoms with Crippen molar-refractivity contribution in [3.05, 3.63) is 60.4 Å². The van der Waals surface area contributed by atoms with E-state index in [2.05, 4.69) is 10.1 Å². The van der Waals surface area contributed by atoms with Crippen LogP contribution in [-0.2, 0) is 10.0 Å². The third-order valence-electron chi connectivity index (χ3n) is 3.27. The molecule has 0 unspecified atom stereocenters. The van der Waals surface area contributed by atoms with Gasteiger partial charge < -0.3 is 5.73 Å². The van der Waals surface area contributed by atoms with Crippen LogP contribution in [0.1, 0.15) is 10.6 Å². The van der Waals surface area contributed by atoms with Crippen molar-refractivity contribution in [3.63, 3.8) is 0 Å². The summed E-state index contributed by atoms with van der Waals surface area (Å²) in [6.45, 7) is 0. The van der Waals surface area contributed by atoms with Crippen LogP contribution in [0.25, 0.3) is 17.1 Å². The number of nitrogens with zero attached hydrogens (tertiary/aromatic N) is 3. The lowest BCUT2D eigenvalue weighted by molar-refractivity contribution is 0.0990. The van der Waals surface area contributed by atoms with Gasteiger partial charge in [0.05, 0.1) is 10.6 Å². The first-order valence-corrected chi connectivity index (χ1v) is 8.36. The average molecular weight is 343 g/mol. The first kappa shape index (κ1) is 15.8. The van der Waals surface area contributed by atoms with Crippen molar-refractivity contribution in [2.45, 2.75) is 4.90 Å². The minimum Gasteiger partial charge on any atom is -0.363 e. The topological polar surface area (TPSA) is 134 Å². The maximum absolute atomic E-state index is 11.4. The van der Waals surface area contributed by atoms with Crippen LogP contribution in [0.4, 0.5) is 0 Å². The van der Waals surface area contributed by atoms with E-state index in [9.17, 15) is 13.2 Å². The summed E-state index contributed by atoms with van der Waals surface area (Å²) in [4.78, 5) is 15.5. The zero-order chi connectivity index (χ0) is 17.3. The van der Waals surface area contributed by atoms with E-state index in [0.29, 0.717) is 11.5 Å². The third kappa shape index (κ3) is 3.03. The van der Waals surface area contributed by atoms with Gasteiger partial charge in [-0.05, 0) is 24.3 Å². The number of hydrogen-bond donors (Lipinski definition) is 2. The lowest BCUT2D eigenvalue weighted by Gasteiger charge is -2.06.